The van der Waals surface area contributed by atoms with Crippen molar-refractivity contribution in [2.75, 3.05) is 39.4 Å². The average molecular weight is 547 g/mol. The van der Waals surface area contributed by atoms with Crippen LogP contribution in [0.1, 0.15) is 49.3 Å². The molecule has 0 spiro atoms. The number of aryl methyl sites for hydroxylation is 2. The quantitative estimate of drug-likeness (QED) is 0.153. The van der Waals surface area contributed by atoms with E-state index in [-0.39, 0.29) is 17.0 Å². The van der Waals surface area contributed by atoms with Crippen LogP contribution >= 0.6 is 0 Å². The van der Waals surface area contributed by atoms with Crippen molar-refractivity contribution in [3.63, 3.8) is 0 Å². The lowest BCUT2D eigenvalue weighted by atomic mass is 9.96. The number of carbonyl (C=O) groups excluding carboxylic acids is 2. The van der Waals surface area contributed by atoms with E-state index in [9.17, 15) is 14.7 Å². The van der Waals surface area contributed by atoms with Crippen LogP contribution in [0, 0.1) is 13.8 Å². The third-order valence-electron chi connectivity index (χ3n) is 7.34. The van der Waals surface area contributed by atoms with Gasteiger partial charge in [0.1, 0.15) is 17.9 Å². The second kappa shape index (κ2) is 12.4. The molecule has 212 valence electrons. The standard InChI is InChI=1S/C31H38N4O5/c1-7-18-40-23-14-13-22(19-24(23)39-10-4)27-25(29(37)31(38)35(27)17-16-33(8-2)9-3)28(36)26-21(6)34-15-11-12-20(5)30(34)32-26/h7,11-15,19,27,36H,1,8-10,16-18H2,2-6H3. The summed E-state index contributed by atoms with van der Waals surface area (Å²) in [5.41, 5.74) is 3.20. The minimum absolute atomic E-state index is 0.0101. The molecule has 0 bridgehead atoms. The Morgan fingerprint density at radius 3 is 2.52 bits per heavy atom. The number of carbonyl (C=O) groups is 2. The monoisotopic (exact) mass is 546 g/mol. The van der Waals surface area contributed by atoms with E-state index in [1.807, 2.05) is 43.5 Å². The third kappa shape index (κ3) is 5.34. The van der Waals surface area contributed by atoms with Crippen molar-refractivity contribution in [3.8, 4) is 11.5 Å². The summed E-state index contributed by atoms with van der Waals surface area (Å²) in [5, 5.41) is 11.7. The molecule has 3 aromatic rings. The van der Waals surface area contributed by atoms with Gasteiger partial charge in [0.05, 0.1) is 23.9 Å². The predicted molar refractivity (Wildman–Crippen MR) is 155 cm³/mol. The molecule has 0 saturated carbocycles. The average Bonchev–Trinajstić information content (AvgIpc) is 3.42. The highest BCUT2D eigenvalue weighted by Crippen LogP contribution is 2.42. The normalized spacial score (nSPS) is 16.8. The number of hydrogen-bond donors (Lipinski definition) is 1. The van der Waals surface area contributed by atoms with Crippen molar-refractivity contribution in [1.82, 2.24) is 19.2 Å². The maximum atomic E-state index is 13.6. The van der Waals surface area contributed by atoms with Crippen LogP contribution in [0.3, 0.4) is 0 Å². The van der Waals surface area contributed by atoms with Gasteiger partial charge in [0.15, 0.2) is 17.3 Å². The Balaban J connectivity index is 1.89. The Kier molecular flexibility index (Phi) is 8.94. The van der Waals surface area contributed by atoms with Crippen molar-refractivity contribution in [3.05, 3.63) is 77.3 Å². The molecule has 9 nitrogen and oxygen atoms in total. The van der Waals surface area contributed by atoms with Crippen LogP contribution in [0.25, 0.3) is 11.4 Å². The number of likely N-dealkylation sites (N-methyl/N-ethyl adjacent to an activating group) is 1. The number of hydrogen-bond acceptors (Lipinski definition) is 7. The second-order valence-corrected chi connectivity index (χ2v) is 9.69. The molecule has 1 saturated heterocycles. The van der Waals surface area contributed by atoms with Crippen LogP contribution in [0.4, 0.5) is 0 Å². The number of Topliss-reactive ketones (excluding diaryl/α,β-unsaturated/α-hetero) is 1. The number of amides is 1. The number of aromatic nitrogens is 2. The van der Waals surface area contributed by atoms with Crippen LogP contribution < -0.4 is 9.47 Å². The maximum absolute atomic E-state index is 13.6. The Hall–Kier alpha value is -4.11. The van der Waals surface area contributed by atoms with Gasteiger partial charge >= 0.3 is 0 Å². The number of nitrogens with zero attached hydrogens (tertiary/aromatic N) is 4. The van der Waals surface area contributed by atoms with Gasteiger partial charge in [0, 0.05) is 19.3 Å². The molecule has 1 aliphatic rings. The van der Waals surface area contributed by atoms with Gasteiger partial charge in [-0.05, 0) is 63.2 Å². The molecule has 40 heavy (non-hydrogen) atoms. The lowest BCUT2D eigenvalue weighted by Gasteiger charge is -2.28. The molecule has 1 unspecified atom stereocenters. The zero-order valence-corrected chi connectivity index (χ0v) is 23.9. The summed E-state index contributed by atoms with van der Waals surface area (Å²) in [6, 6.07) is 8.34. The number of rotatable bonds is 12. The Labute approximate surface area is 235 Å². The number of aliphatic hydroxyl groups is 1. The highest BCUT2D eigenvalue weighted by Gasteiger charge is 2.46. The minimum atomic E-state index is -0.825. The summed E-state index contributed by atoms with van der Waals surface area (Å²) in [4.78, 5) is 35.5. The van der Waals surface area contributed by atoms with Gasteiger partial charge in [-0.2, -0.15) is 0 Å². The van der Waals surface area contributed by atoms with Gasteiger partial charge in [0.25, 0.3) is 11.7 Å². The van der Waals surface area contributed by atoms with Gasteiger partial charge < -0.3 is 28.8 Å². The van der Waals surface area contributed by atoms with E-state index in [0.29, 0.717) is 54.7 Å². The molecule has 2 aromatic heterocycles. The Morgan fingerprint density at radius 1 is 1.12 bits per heavy atom. The number of imidazole rings is 1. The lowest BCUT2D eigenvalue weighted by molar-refractivity contribution is -0.140. The molecule has 9 heteroatoms. The number of fused-ring (bicyclic) bond motifs is 1. The summed E-state index contributed by atoms with van der Waals surface area (Å²) >= 11 is 0. The number of ether oxygens (including phenoxy) is 2. The largest absolute Gasteiger partial charge is 0.505 e. The van der Waals surface area contributed by atoms with Crippen LogP contribution in [0.15, 0.2) is 54.8 Å². The molecule has 4 rings (SSSR count). The molecule has 1 amide bonds. The zero-order chi connectivity index (χ0) is 29.0. The highest BCUT2D eigenvalue weighted by atomic mass is 16.5. The smallest absolute Gasteiger partial charge is 0.295 e. The molecule has 1 aliphatic heterocycles. The van der Waals surface area contributed by atoms with Gasteiger partial charge in [-0.1, -0.05) is 38.6 Å². The summed E-state index contributed by atoms with van der Waals surface area (Å²) in [7, 11) is 0. The molecule has 0 radical (unpaired) electrons. The van der Waals surface area contributed by atoms with Crippen molar-refractivity contribution in [2.45, 2.75) is 40.7 Å². The minimum Gasteiger partial charge on any atom is -0.505 e. The summed E-state index contributed by atoms with van der Waals surface area (Å²) in [6.07, 6.45) is 3.50. The molecule has 1 aromatic carbocycles. The number of ketones is 1. The van der Waals surface area contributed by atoms with E-state index in [0.717, 1.165) is 18.7 Å². The first kappa shape index (κ1) is 28.9. The number of likely N-dealkylation sites (tertiary alicyclic amines) is 1. The van der Waals surface area contributed by atoms with Crippen LogP contribution in [-0.2, 0) is 9.59 Å². The summed E-state index contributed by atoms with van der Waals surface area (Å²) in [6.45, 7) is 16.7. The zero-order valence-electron chi connectivity index (χ0n) is 23.9. The molecular formula is C31H38N4O5. The summed E-state index contributed by atoms with van der Waals surface area (Å²) < 4.78 is 13.5. The van der Waals surface area contributed by atoms with E-state index in [2.05, 4.69) is 30.3 Å². The Bertz CT molecular complexity index is 1450. The van der Waals surface area contributed by atoms with Gasteiger partial charge in [-0.15, -0.1) is 0 Å². The molecule has 3 heterocycles. The fraction of sp³-hybridized carbons (Fsp3) is 0.387. The molecule has 1 fully saturated rings. The van der Waals surface area contributed by atoms with Crippen LogP contribution in [-0.4, -0.2) is 75.4 Å². The lowest BCUT2D eigenvalue weighted by Crippen LogP contribution is -2.38. The first-order valence-corrected chi connectivity index (χ1v) is 13.7. The van der Waals surface area contributed by atoms with Crippen LogP contribution in [0.2, 0.25) is 0 Å². The highest BCUT2D eigenvalue weighted by molar-refractivity contribution is 6.46. The van der Waals surface area contributed by atoms with E-state index in [1.54, 1.807) is 24.3 Å². The number of benzene rings is 1. The third-order valence-corrected chi connectivity index (χ3v) is 7.34. The summed E-state index contributed by atoms with van der Waals surface area (Å²) in [5.74, 6) is -0.673. The number of aliphatic hydroxyl groups excluding tert-OH is 1. The van der Waals surface area contributed by atoms with E-state index < -0.39 is 17.7 Å². The van der Waals surface area contributed by atoms with Gasteiger partial charge in [-0.3, -0.25) is 9.59 Å². The molecule has 1 N–H and O–H groups in total. The predicted octanol–water partition coefficient (Wildman–Crippen LogP) is 4.68. The molecule has 1 atom stereocenters. The van der Waals surface area contributed by atoms with Crippen molar-refractivity contribution in [1.29, 1.82) is 0 Å². The first-order valence-electron chi connectivity index (χ1n) is 13.7. The first-order chi connectivity index (χ1) is 19.3. The van der Waals surface area contributed by atoms with E-state index >= 15 is 0 Å². The maximum Gasteiger partial charge on any atom is 0.295 e. The van der Waals surface area contributed by atoms with Crippen LogP contribution in [0.5, 0.6) is 11.5 Å². The van der Waals surface area contributed by atoms with Crippen molar-refractivity contribution >= 4 is 23.1 Å². The number of pyridine rings is 1. The molecule has 0 aliphatic carbocycles. The topological polar surface area (TPSA) is 96.6 Å². The Morgan fingerprint density at radius 2 is 1.88 bits per heavy atom. The van der Waals surface area contributed by atoms with Gasteiger partial charge in [0.2, 0.25) is 0 Å². The second-order valence-electron chi connectivity index (χ2n) is 9.69. The fourth-order valence-electron chi connectivity index (χ4n) is 5.15. The SMILES string of the molecule is C=CCOc1ccc(C2C(=C(O)c3nc4c(C)cccn4c3C)C(=O)C(=O)N2CCN(CC)CC)cc1OCC. The van der Waals surface area contributed by atoms with E-state index in [1.165, 1.54) is 4.90 Å². The van der Waals surface area contributed by atoms with Gasteiger partial charge in [-0.25, -0.2) is 4.98 Å². The molecular weight excluding hydrogens is 508 g/mol. The van der Waals surface area contributed by atoms with E-state index in [4.69, 9.17) is 9.47 Å². The fourth-order valence-corrected chi connectivity index (χ4v) is 5.15. The van der Waals surface area contributed by atoms with Crippen molar-refractivity contribution in [2.24, 2.45) is 0 Å². The van der Waals surface area contributed by atoms with Crippen molar-refractivity contribution < 1.29 is 24.2 Å².